The zero-order valence-electron chi connectivity index (χ0n) is 14.2. The lowest BCUT2D eigenvalue weighted by atomic mass is 10.1. The predicted octanol–water partition coefficient (Wildman–Crippen LogP) is 3.62. The van der Waals surface area contributed by atoms with Crippen LogP contribution in [0, 0.1) is 0 Å². The van der Waals surface area contributed by atoms with Gasteiger partial charge in [0.25, 0.3) is 5.91 Å². The van der Waals surface area contributed by atoms with Crippen molar-refractivity contribution in [3.8, 4) is 0 Å². The van der Waals surface area contributed by atoms with Gasteiger partial charge in [-0.3, -0.25) is 10.1 Å². The Hall–Kier alpha value is -1.68. The zero-order valence-corrected chi connectivity index (χ0v) is 15.8. The van der Waals surface area contributed by atoms with Crippen LogP contribution in [-0.4, -0.2) is 29.6 Å². The van der Waals surface area contributed by atoms with Crippen LogP contribution in [0.2, 0.25) is 0 Å². The van der Waals surface area contributed by atoms with Gasteiger partial charge in [-0.1, -0.05) is 12.1 Å². The fraction of sp³-hybridized carbons (Fsp3) is 0.412. The highest BCUT2D eigenvalue weighted by Gasteiger charge is 2.31. The van der Waals surface area contributed by atoms with E-state index in [1.165, 1.54) is 23.5 Å². The molecule has 2 aromatic rings. The summed E-state index contributed by atoms with van der Waals surface area (Å²) in [6.45, 7) is 0.387. The van der Waals surface area contributed by atoms with Gasteiger partial charge in [-0.05, 0) is 30.5 Å². The first-order chi connectivity index (χ1) is 12.3. The summed E-state index contributed by atoms with van der Waals surface area (Å²) in [6, 6.07) is 5.01. The summed E-state index contributed by atoms with van der Waals surface area (Å²) >= 11 is 1.29. The Balaban J connectivity index is 0.00000261. The lowest BCUT2D eigenvalue weighted by molar-refractivity contribution is -0.137. The van der Waals surface area contributed by atoms with Crippen molar-refractivity contribution < 1.29 is 22.7 Å². The number of benzene rings is 1. The Bertz CT molecular complexity index is 768. The molecule has 1 saturated heterocycles. The fourth-order valence-corrected chi connectivity index (χ4v) is 3.57. The number of carbonyl (C=O) groups is 1. The first kappa shape index (κ1) is 21.6. The van der Waals surface area contributed by atoms with Crippen molar-refractivity contribution in [2.45, 2.75) is 37.6 Å². The molecule has 148 valence electrons. The average molecular weight is 422 g/mol. The van der Waals surface area contributed by atoms with Gasteiger partial charge in [0.2, 0.25) is 0 Å². The summed E-state index contributed by atoms with van der Waals surface area (Å²) in [5, 5.41) is 3.16. The van der Waals surface area contributed by atoms with Gasteiger partial charge in [-0.25, -0.2) is 4.98 Å². The highest BCUT2D eigenvalue weighted by atomic mass is 35.5. The first-order valence-electron chi connectivity index (χ1n) is 8.12. The van der Waals surface area contributed by atoms with Crippen molar-refractivity contribution in [1.29, 1.82) is 0 Å². The molecule has 2 heterocycles. The van der Waals surface area contributed by atoms with E-state index in [0.29, 0.717) is 24.5 Å². The van der Waals surface area contributed by atoms with E-state index in [1.807, 2.05) is 0 Å². The quantitative estimate of drug-likeness (QED) is 0.773. The fourth-order valence-electron chi connectivity index (χ4n) is 2.72. The Morgan fingerprint density at radius 2 is 2.00 bits per heavy atom. The molecule has 0 saturated carbocycles. The third-order valence-corrected chi connectivity index (χ3v) is 5.02. The third kappa shape index (κ3) is 5.65. The molecule has 0 aliphatic carbocycles. The Morgan fingerprint density at radius 1 is 1.30 bits per heavy atom. The molecule has 0 unspecified atom stereocenters. The Kier molecular flexibility index (Phi) is 7.21. The topological polar surface area (TPSA) is 77.2 Å². The number of amides is 1. The van der Waals surface area contributed by atoms with Crippen molar-refractivity contribution in [3.63, 3.8) is 0 Å². The third-order valence-electron chi connectivity index (χ3n) is 4.11. The molecule has 3 rings (SSSR count). The number of carbonyl (C=O) groups excluding carboxylic acids is 1. The number of ether oxygens (including phenoxy) is 1. The molecule has 27 heavy (non-hydrogen) atoms. The number of alkyl halides is 3. The van der Waals surface area contributed by atoms with Gasteiger partial charge in [0.1, 0.15) is 6.10 Å². The maximum absolute atomic E-state index is 12.6. The van der Waals surface area contributed by atoms with Gasteiger partial charge >= 0.3 is 6.18 Å². The van der Waals surface area contributed by atoms with Crippen molar-refractivity contribution in [1.82, 2.24) is 4.98 Å². The molecule has 1 aromatic heterocycles. The van der Waals surface area contributed by atoms with E-state index >= 15 is 0 Å². The summed E-state index contributed by atoms with van der Waals surface area (Å²) in [6.07, 6.45) is -1.52. The second-order valence-corrected chi connectivity index (χ2v) is 7.17. The summed E-state index contributed by atoms with van der Waals surface area (Å²) in [7, 11) is 0. The molecule has 0 radical (unpaired) electrons. The molecule has 5 nitrogen and oxygen atoms in total. The number of halogens is 4. The maximum atomic E-state index is 12.6. The lowest BCUT2D eigenvalue weighted by Gasteiger charge is -2.11. The van der Waals surface area contributed by atoms with Gasteiger partial charge in [0, 0.05) is 24.0 Å². The summed E-state index contributed by atoms with van der Waals surface area (Å²) in [4.78, 5) is 17.1. The number of aromatic nitrogens is 1. The molecule has 3 N–H and O–H groups in total. The van der Waals surface area contributed by atoms with E-state index in [0.717, 1.165) is 29.0 Å². The minimum Gasteiger partial charge on any atom is -0.364 e. The molecule has 1 fully saturated rings. The van der Waals surface area contributed by atoms with Crippen molar-refractivity contribution in [3.05, 3.63) is 46.5 Å². The summed E-state index contributed by atoms with van der Waals surface area (Å²) in [5.74, 6) is -0.253. The van der Waals surface area contributed by atoms with Crippen LogP contribution < -0.4 is 11.1 Å². The lowest BCUT2D eigenvalue weighted by Crippen LogP contribution is -2.29. The van der Waals surface area contributed by atoms with E-state index in [9.17, 15) is 18.0 Å². The minimum absolute atomic E-state index is 0. The van der Waals surface area contributed by atoms with Crippen molar-refractivity contribution in [2.75, 3.05) is 11.9 Å². The molecule has 1 aliphatic rings. The molecular formula is C17H19ClF3N3O2S. The molecule has 0 spiro atoms. The number of hydrogen-bond donors (Lipinski definition) is 2. The van der Waals surface area contributed by atoms with Gasteiger partial charge in [-0.15, -0.1) is 23.7 Å². The highest BCUT2D eigenvalue weighted by molar-refractivity contribution is 7.15. The van der Waals surface area contributed by atoms with Crippen LogP contribution in [0.5, 0.6) is 0 Å². The summed E-state index contributed by atoms with van der Waals surface area (Å²) in [5.41, 5.74) is 5.59. The number of hydrogen-bond acceptors (Lipinski definition) is 5. The van der Waals surface area contributed by atoms with Crippen LogP contribution in [0.3, 0.4) is 0 Å². The maximum Gasteiger partial charge on any atom is 0.416 e. The van der Waals surface area contributed by atoms with Gasteiger partial charge in [0.05, 0.1) is 11.7 Å². The van der Waals surface area contributed by atoms with Crippen LogP contribution in [0.15, 0.2) is 30.5 Å². The highest BCUT2D eigenvalue weighted by Crippen LogP contribution is 2.30. The minimum atomic E-state index is -4.34. The molecular weight excluding hydrogens is 403 g/mol. The van der Waals surface area contributed by atoms with E-state index in [4.69, 9.17) is 10.5 Å². The molecule has 1 amide bonds. The number of thiazole rings is 1. The average Bonchev–Trinajstić information content (AvgIpc) is 3.24. The number of anilines is 1. The Labute approximate surface area is 164 Å². The number of nitrogens with zero attached hydrogens (tertiary/aromatic N) is 1. The molecule has 1 aromatic carbocycles. The second kappa shape index (κ2) is 9.01. The number of nitrogens with two attached hydrogens (primary N) is 1. The van der Waals surface area contributed by atoms with E-state index < -0.39 is 17.8 Å². The zero-order chi connectivity index (χ0) is 18.7. The van der Waals surface area contributed by atoms with E-state index in [2.05, 4.69) is 10.3 Å². The Morgan fingerprint density at radius 3 is 2.59 bits per heavy atom. The van der Waals surface area contributed by atoms with Gasteiger partial charge in [0.15, 0.2) is 5.13 Å². The first-order valence-corrected chi connectivity index (χ1v) is 8.94. The van der Waals surface area contributed by atoms with E-state index in [-0.39, 0.29) is 24.4 Å². The number of rotatable bonds is 5. The second-order valence-electron chi connectivity index (χ2n) is 6.05. The van der Waals surface area contributed by atoms with Gasteiger partial charge in [-0.2, -0.15) is 13.2 Å². The standard InChI is InChI=1S/C17H18F3N3O2S.ClH/c18-17(19,20)11-3-1-10(2-4-11)7-13-9-22-16(26-13)23-15(24)14-6-5-12(8-21)25-14;/h1-4,9,12,14H,5-8,21H2,(H,22,23,24);1H/t12-,14+;/m1./s1. The van der Waals surface area contributed by atoms with E-state index in [1.54, 1.807) is 6.20 Å². The monoisotopic (exact) mass is 421 g/mol. The normalized spacial score (nSPS) is 19.6. The van der Waals surface area contributed by atoms with Crippen LogP contribution in [0.25, 0.3) is 0 Å². The molecule has 2 atom stereocenters. The predicted molar refractivity (Wildman–Crippen MR) is 99.2 cm³/mol. The van der Waals surface area contributed by atoms with Gasteiger partial charge < -0.3 is 10.5 Å². The van der Waals surface area contributed by atoms with Crippen LogP contribution in [0.4, 0.5) is 18.3 Å². The van der Waals surface area contributed by atoms with Crippen LogP contribution >= 0.6 is 23.7 Å². The molecule has 1 aliphatic heterocycles. The smallest absolute Gasteiger partial charge is 0.364 e. The molecule has 10 heteroatoms. The number of nitrogens with one attached hydrogen (secondary N) is 1. The SMILES string of the molecule is Cl.NC[C@H]1CC[C@@H](C(=O)Nc2ncc(Cc3ccc(C(F)(F)F)cc3)s2)O1. The van der Waals surface area contributed by atoms with Crippen LogP contribution in [-0.2, 0) is 22.1 Å². The largest absolute Gasteiger partial charge is 0.416 e. The summed E-state index contributed by atoms with van der Waals surface area (Å²) < 4.78 is 43.3. The van der Waals surface area contributed by atoms with Crippen molar-refractivity contribution in [2.24, 2.45) is 5.73 Å². The molecule has 0 bridgehead atoms. The van der Waals surface area contributed by atoms with Crippen molar-refractivity contribution >= 4 is 34.8 Å². The van der Waals surface area contributed by atoms with Crippen LogP contribution in [0.1, 0.15) is 28.8 Å².